The molecule has 2 amide bonds. The van der Waals surface area contributed by atoms with E-state index in [-0.39, 0.29) is 29.2 Å². The summed E-state index contributed by atoms with van der Waals surface area (Å²) in [6.45, 7) is 0. The van der Waals surface area contributed by atoms with Gasteiger partial charge in [0.25, 0.3) is 0 Å². The number of amides is 2. The second kappa shape index (κ2) is 8.53. The van der Waals surface area contributed by atoms with Crippen LogP contribution in [0.2, 0.25) is 0 Å². The molecule has 1 saturated carbocycles. The van der Waals surface area contributed by atoms with Crippen molar-refractivity contribution in [2.24, 2.45) is 5.92 Å². The smallest absolute Gasteiger partial charge is 0.238 e. The lowest BCUT2D eigenvalue weighted by molar-refractivity contribution is -0.120. The first kappa shape index (κ1) is 19.9. The number of thioether (sulfide) groups is 1. The van der Waals surface area contributed by atoms with Gasteiger partial charge in [-0.25, -0.2) is 8.78 Å². The van der Waals surface area contributed by atoms with Gasteiger partial charge in [-0.05, 0) is 42.7 Å². The Bertz CT molecular complexity index is 931. The van der Waals surface area contributed by atoms with Crippen molar-refractivity contribution in [3.63, 3.8) is 0 Å². The summed E-state index contributed by atoms with van der Waals surface area (Å²) in [5, 5.41) is 2.55. The zero-order chi connectivity index (χ0) is 20.4. The number of benzene rings is 2. The molecule has 29 heavy (non-hydrogen) atoms. The minimum Gasteiger partial charge on any atom is -0.326 e. The van der Waals surface area contributed by atoms with Crippen molar-refractivity contribution in [2.75, 3.05) is 16.0 Å². The summed E-state index contributed by atoms with van der Waals surface area (Å²) in [6, 6.07) is 10.5. The van der Waals surface area contributed by atoms with Gasteiger partial charge in [-0.1, -0.05) is 31.4 Å². The van der Waals surface area contributed by atoms with Gasteiger partial charge in [-0.15, -0.1) is 11.8 Å². The minimum absolute atomic E-state index is 0.0263. The van der Waals surface area contributed by atoms with E-state index in [4.69, 9.17) is 0 Å². The summed E-state index contributed by atoms with van der Waals surface area (Å²) in [5.41, 5.74) is 1.51. The molecule has 1 N–H and O–H groups in total. The molecule has 1 saturated heterocycles. The molecule has 152 valence electrons. The predicted molar refractivity (Wildman–Crippen MR) is 111 cm³/mol. The molecular weight excluding hydrogens is 394 g/mol. The van der Waals surface area contributed by atoms with Gasteiger partial charge in [0.05, 0.1) is 11.4 Å². The Morgan fingerprint density at radius 3 is 2.62 bits per heavy atom. The number of hydrogen-bond donors (Lipinski definition) is 1. The fourth-order valence-electron chi connectivity index (χ4n) is 3.99. The lowest BCUT2D eigenvalue weighted by atomic mass is 9.88. The van der Waals surface area contributed by atoms with Gasteiger partial charge in [0.2, 0.25) is 11.8 Å². The molecule has 1 atom stereocenters. The van der Waals surface area contributed by atoms with Gasteiger partial charge in [0, 0.05) is 17.7 Å². The first-order chi connectivity index (χ1) is 14.0. The van der Waals surface area contributed by atoms with Crippen molar-refractivity contribution in [3.8, 4) is 0 Å². The molecule has 0 aromatic heterocycles. The molecule has 1 heterocycles. The lowest BCUT2D eigenvalue weighted by Crippen LogP contribution is -2.29. The third-order valence-electron chi connectivity index (χ3n) is 5.45. The molecule has 0 spiro atoms. The Balaban J connectivity index is 1.56. The molecule has 0 unspecified atom stereocenters. The maximum absolute atomic E-state index is 14.3. The van der Waals surface area contributed by atoms with Crippen LogP contribution in [0.25, 0.3) is 0 Å². The van der Waals surface area contributed by atoms with Gasteiger partial charge in [0.15, 0.2) is 0 Å². The highest BCUT2D eigenvalue weighted by atomic mass is 32.2. The fourth-order valence-corrected chi connectivity index (χ4v) is 5.15. The number of rotatable bonds is 4. The van der Waals surface area contributed by atoms with Crippen LogP contribution in [0.3, 0.4) is 0 Å². The van der Waals surface area contributed by atoms with E-state index in [1.54, 1.807) is 0 Å². The van der Waals surface area contributed by atoms with Gasteiger partial charge in [-0.3, -0.25) is 14.5 Å². The Morgan fingerprint density at radius 1 is 1.07 bits per heavy atom. The molecule has 0 bridgehead atoms. The van der Waals surface area contributed by atoms with Crippen molar-refractivity contribution < 1.29 is 18.4 Å². The van der Waals surface area contributed by atoms with Gasteiger partial charge in [0.1, 0.15) is 17.0 Å². The summed E-state index contributed by atoms with van der Waals surface area (Å²) in [4.78, 5) is 26.4. The largest absolute Gasteiger partial charge is 0.326 e. The van der Waals surface area contributed by atoms with E-state index in [1.807, 2.05) is 24.3 Å². The number of carbonyl (C=O) groups excluding carboxylic acids is 2. The molecule has 2 fully saturated rings. The van der Waals surface area contributed by atoms with Crippen molar-refractivity contribution in [2.45, 2.75) is 37.5 Å². The summed E-state index contributed by atoms with van der Waals surface area (Å²) >= 11 is 1.38. The number of nitrogens with one attached hydrogen (secondary N) is 1. The average molecular weight is 416 g/mol. The van der Waals surface area contributed by atoms with Crippen LogP contribution in [0.1, 0.15) is 43.0 Å². The van der Waals surface area contributed by atoms with E-state index < -0.39 is 17.0 Å². The summed E-state index contributed by atoms with van der Waals surface area (Å²) in [7, 11) is 0. The fraction of sp³-hybridized carbons (Fsp3) is 0.364. The third-order valence-corrected chi connectivity index (χ3v) is 6.66. The number of nitrogens with zero attached hydrogens (tertiary/aromatic N) is 1. The van der Waals surface area contributed by atoms with Crippen molar-refractivity contribution in [1.82, 2.24) is 0 Å². The molecule has 2 aromatic rings. The Kier molecular flexibility index (Phi) is 5.85. The van der Waals surface area contributed by atoms with Crippen LogP contribution < -0.4 is 10.2 Å². The standard InChI is InChI=1S/C22H22F2N2O2S/c23-16-9-10-19(18(24)12-16)26-20(27)13-29-22(26)15-7-4-8-17(11-15)25-21(28)14-5-2-1-3-6-14/h4,7-12,14,22H,1-3,5-6,13H2,(H,25,28)/t22-/m1/s1. The topological polar surface area (TPSA) is 49.4 Å². The number of hydrogen-bond acceptors (Lipinski definition) is 3. The lowest BCUT2D eigenvalue weighted by Gasteiger charge is -2.25. The van der Waals surface area contributed by atoms with Crippen LogP contribution in [0.5, 0.6) is 0 Å². The molecule has 2 aliphatic rings. The maximum Gasteiger partial charge on any atom is 0.238 e. The maximum atomic E-state index is 14.3. The van der Waals surface area contributed by atoms with Crippen LogP contribution in [0.15, 0.2) is 42.5 Å². The number of carbonyl (C=O) groups is 2. The monoisotopic (exact) mass is 416 g/mol. The predicted octanol–water partition coefficient (Wildman–Crippen LogP) is 5.26. The molecule has 0 radical (unpaired) electrons. The van der Waals surface area contributed by atoms with Crippen LogP contribution in [-0.4, -0.2) is 17.6 Å². The highest BCUT2D eigenvalue weighted by Gasteiger charge is 2.35. The van der Waals surface area contributed by atoms with E-state index in [2.05, 4.69) is 5.32 Å². The van der Waals surface area contributed by atoms with Gasteiger partial charge < -0.3 is 5.32 Å². The highest BCUT2D eigenvalue weighted by Crippen LogP contribution is 2.43. The van der Waals surface area contributed by atoms with Crippen LogP contribution in [-0.2, 0) is 9.59 Å². The summed E-state index contributed by atoms with van der Waals surface area (Å²) < 4.78 is 27.6. The van der Waals surface area contributed by atoms with Crippen LogP contribution >= 0.6 is 11.8 Å². The van der Waals surface area contributed by atoms with Gasteiger partial charge >= 0.3 is 0 Å². The first-order valence-corrected chi connectivity index (χ1v) is 10.9. The normalized spacial score (nSPS) is 20.1. The van der Waals surface area contributed by atoms with Crippen molar-refractivity contribution >= 4 is 35.0 Å². The van der Waals surface area contributed by atoms with Crippen molar-refractivity contribution in [1.29, 1.82) is 0 Å². The zero-order valence-corrected chi connectivity index (χ0v) is 16.7. The van der Waals surface area contributed by atoms with E-state index in [1.165, 1.54) is 29.1 Å². The Hall–Kier alpha value is -2.41. The highest BCUT2D eigenvalue weighted by molar-refractivity contribution is 8.00. The minimum atomic E-state index is -0.771. The first-order valence-electron chi connectivity index (χ1n) is 9.82. The SMILES string of the molecule is O=C(Nc1cccc([C@H]2SCC(=O)N2c2ccc(F)cc2F)c1)C1CCCCC1. The molecule has 1 aliphatic heterocycles. The third kappa shape index (κ3) is 4.29. The van der Waals surface area contributed by atoms with Crippen molar-refractivity contribution in [3.05, 3.63) is 59.7 Å². The molecule has 4 nitrogen and oxygen atoms in total. The second-order valence-corrected chi connectivity index (χ2v) is 8.54. The average Bonchev–Trinajstić information content (AvgIpc) is 3.10. The van der Waals surface area contributed by atoms with Crippen LogP contribution in [0, 0.1) is 17.6 Å². The van der Waals surface area contributed by atoms with E-state index in [0.717, 1.165) is 43.4 Å². The van der Waals surface area contributed by atoms with E-state index >= 15 is 0 Å². The number of anilines is 2. The Morgan fingerprint density at radius 2 is 1.86 bits per heavy atom. The molecule has 7 heteroatoms. The second-order valence-electron chi connectivity index (χ2n) is 7.47. The molecule has 4 rings (SSSR count). The summed E-state index contributed by atoms with van der Waals surface area (Å²) in [6.07, 6.45) is 5.17. The number of halogens is 2. The van der Waals surface area contributed by atoms with E-state index in [9.17, 15) is 18.4 Å². The van der Waals surface area contributed by atoms with E-state index in [0.29, 0.717) is 5.69 Å². The van der Waals surface area contributed by atoms with Crippen LogP contribution in [0.4, 0.5) is 20.2 Å². The molecule has 2 aromatic carbocycles. The van der Waals surface area contributed by atoms with Gasteiger partial charge in [-0.2, -0.15) is 0 Å². The quantitative estimate of drug-likeness (QED) is 0.739. The molecular formula is C22H22F2N2O2S. The summed E-state index contributed by atoms with van der Waals surface area (Å²) in [5.74, 6) is -1.41. The molecule has 1 aliphatic carbocycles. The zero-order valence-electron chi connectivity index (χ0n) is 15.9. The Labute approximate surface area is 172 Å².